The van der Waals surface area contributed by atoms with E-state index in [9.17, 15) is 18.0 Å². The van der Waals surface area contributed by atoms with Crippen LogP contribution in [0.15, 0.2) is 59.7 Å². The van der Waals surface area contributed by atoms with Gasteiger partial charge < -0.3 is 10.2 Å². The molecule has 0 radical (unpaired) electrons. The highest BCUT2D eigenvalue weighted by Crippen LogP contribution is 2.55. The van der Waals surface area contributed by atoms with Gasteiger partial charge in [-0.15, -0.1) is 0 Å². The zero-order valence-electron chi connectivity index (χ0n) is 20.9. The van der Waals surface area contributed by atoms with Gasteiger partial charge in [0.2, 0.25) is 5.91 Å². The number of fused-ring (bicyclic) bond motifs is 1. The van der Waals surface area contributed by atoms with Crippen LogP contribution in [0.5, 0.6) is 0 Å². The highest BCUT2D eigenvalue weighted by atomic mass is 19.4. The van der Waals surface area contributed by atoms with Crippen molar-refractivity contribution in [3.8, 4) is 0 Å². The number of benzene rings is 1. The number of likely N-dealkylation sites (tertiary alicyclic amines) is 1. The third-order valence-electron chi connectivity index (χ3n) is 8.25. The van der Waals surface area contributed by atoms with E-state index in [1.54, 1.807) is 4.90 Å². The van der Waals surface area contributed by atoms with Crippen molar-refractivity contribution in [3.05, 3.63) is 70.8 Å². The van der Waals surface area contributed by atoms with Gasteiger partial charge in [-0.05, 0) is 87.6 Å². The summed E-state index contributed by atoms with van der Waals surface area (Å²) in [5.74, 6) is 0.487. The number of carbonyl (C=O) groups excluding carboxylic acids is 1. The van der Waals surface area contributed by atoms with Crippen LogP contribution in [0.2, 0.25) is 0 Å². The molecule has 1 N–H and O–H groups in total. The van der Waals surface area contributed by atoms with E-state index < -0.39 is 11.7 Å². The van der Waals surface area contributed by atoms with Crippen LogP contribution >= 0.6 is 0 Å². The molecule has 0 bridgehead atoms. The number of allylic oxidation sites excluding steroid dienone is 3. The molecule has 1 aromatic carbocycles. The lowest BCUT2D eigenvalue weighted by Crippen LogP contribution is -2.47. The quantitative estimate of drug-likeness (QED) is 0.512. The summed E-state index contributed by atoms with van der Waals surface area (Å²) < 4.78 is 40.0. The molecule has 3 nitrogen and oxygen atoms in total. The zero-order chi connectivity index (χ0) is 25.2. The van der Waals surface area contributed by atoms with Crippen molar-refractivity contribution in [1.82, 2.24) is 10.2 Å². The number of hydrogen-bond acceptors (Lipinski definition) is 2. The number of piperidine rings is 1. The monoisotopic (exact) mass is 486 g/mol. The number of aryl methyl sites for hydroxylation is 1. The fourth-order valence-electron chi connectivity index (χ4n) is 6.42. The summed E-state index contributed by atoms with van der Waals surface area (Å²) in [5, 5.41) is 3.70. The van der Waals surface area contributed by atoms with Crippen molar-refractivity contribution in [2.45, 2.75) is 71.0 Å². The van der Waals surface area contributed by atoms with E-state index in [0.29, 0.717) is 36.1 Å². The predicted molar refractivity (Wildman–Crippen MR) is 134 cm³/mol. The summed E-state index contributed by atoms with van der Waals surface area (Å²) >= 11 is 0. The molecule has 190 valence electrons. The first kappa shape index (κ1) is 25.7. The number of alkyl halides is 3. The number of carbonyl (C=O) groups is 1. The molecule has 6 heteroatoms. The maximum absolute atomic E-state index is 13.9. The Morgan fingerprint density at radius 1 is 1.34 bits per heavy atom. The number of nitrogens with one attached hydrogen (secondary N) is 1. The molecule has 2 aliphatic carbocycles. The van der Waals surface area contributed by atoms with Crippen LogP contribution in [0.4, 0.5) is 13.2 Å². The summed E-state index contributed by atoms with van der Waals surface area (Å²) in [6.45, 7) is 9.10. The van der Waals surface area contributed by atoms with Crippen LogP contribution < -0.4 is 5.32 Å². The van der Waals surface area contributed by atoms with Gasteiger partial charge in [0.15, 0.2) is 0 Å². The van der Waals surface area contributed by atoms with E-state index in [-0.39, 0.29) is 17.9 Å². The van der Waals surface area contributed by atoms with E-state index in [0.717, 1.165) is 51.1 Å². The first-order valence-corrected chi connectivity index (χ1v) is 12.8. The van der Waals surface area contributed by atoms with Crippen molar-refractivity contribution in [3.63, 3.8) is 0 Å². The Labute approximate surface area is 207 Å². The molecule has 1 aromatic rings. The average molecular weight is 487 g/mol. The molecule has 3 atom stereocenters. The molecule has 3 aliphatic rings. The van der Waals surface area contributed by atoms with Crippen molar-refractivity contribution < 1.29 is 18.0 Å². The summed E-state index contributed by atoms with van der Waals surface area (Å²) in [6.07, 6.45) is 4.13. The maximum atomic E-state index is 13.9. The van der Waals surface area contributed by atoms with Crippen LogP contribution in [-0.4, -0.2) is 42.7 Å². The molecule has 2 saturated carbocycles. The fourth-order valence-corrected chi connectivity index (χ4v) is 6.42. The molecule has 1 saturated heterocycles. The van der Waals surface area contributed by atoms with Crippen molar-refractivity contribution >= 4 is 5.91 Å². The van der Waals surface area contributed by atoms with Crippen LogP contribution in [0, 0.1) is 18.3 Å². The number of nitrogens with zero attached hydrogens (tertiary/aromatic N) is 1. The van der Waals surface area contributed by atoms with E-state index >= 15 is 0 Å². The lowest BCUT2D eigenvalue weighted by atomic mass is 9.78. The minimum absolute atomic E-state index is 0.135. The third kappa shape index (κ3) is 5.58. The van der Waals surface area contributed by atoms with Gasteiger partial charge in [0.05, 0.1) is 11.0 Å². The SMILES string of the molecule is C=C1CCN(C(=O)C23CCCC2CC(NCCc2cccc(C)c2)C3)C/C1=C/C(=C\C)C(F)(F)F. The minimum atomic E-state index is -4.41. The first-order chi connectivity index (χ1) is 16.6. The topological polar surface area (TPSA) is 32.3 Å². The lowest BCUT2D eigenvalue weighted by Gasteiger charge is -2.38. The van der Waals surface area contributed by atoms with E-state index in [4.69, 9.17) is 0 Å². The second kappa shape index (κ2) is 10.3. The van der Waals surface area contributed by atoms with Gasteiger partial charge in [-0.25, -0.2) is 0 Å². The first-order valence-electron chi connectivity index (χ1n) is 12.8. The Morgan fingerprint density at radius 3 is 2.86 bits per heavy atom. The summed E-state index contributed by atoms with van der Waals surface area (Å²) in [4.78, 5) is 15.7. The highest BCUT2D eigenvalue weighted by molar-refractivity contribution is 5.84. The van der Waals surface area contributed by atoms with E-state index in [1.807, 2.05) is 0 Å². The molecule has 4 rings (SSSR count). The Balaban J connectivity index is 1.42. The van der Waals surface area contributed by atoms with Gasteiger partial charge in [0.25, 0.3) is 0 Å². The second-order valence-corrected chi connectivity index (χ2v) is 10.6. The Kier molecular flexibility index (Phi) is 7.60. The van der Waals surface area contributed by atoms with Crippen LogP contribution in [0.25, 0.3) is 0 Å². The van der Waals surface area contributed by atoms with Gasteiger partial charge in [-0.1, -0.05) is 48.9 Å². The minimum Gasteiger partial charge on any atom is -0.338 e. The number of hydrogen-bond donors (Lipinski definition) is 1. The molecular formula is C29H37F3N2O. The molecule has 0 aromatic heterocycles. The molecule has 1 heterocycles. The normalized spacial score (nSPS) is 28.6. The summed E-state index contributed by atoms with van der Waals surface area (Å²) in [7, 11) is 0. The molecular weight excluding hydrogens is 449 g/mol. The fraction of sp³-hybridized carbons (Fsp3) is 0.552. The second-order valence-electron chi connectivity index (χ2n) is 10.6. The Morgan fingerprint density at radius 2 is 2.14 bits per heavy atom. The van der Waals surface area contributed by atoms with Crippen molar-refractivity contribution in [2.24, 2.45) is 11.3 Å². The average Bonchev–Trinajstić information content (AvgIpc) is 3.35. The molecule has 1 amide bonds. The summed E-state index contributed by atoms with van der Waals surface area (Å²) in [6, 6.07) is 8.86. The molecule has 3 unspecified atom stereocenters. The molecule has 3 fully saturated rings. The van der Waals surface area contributed by atoms with Gasteiger partial charge in [-0.3, -0.25) is 4.79 Å². The maximum Gasteiger partial charge on any atom is 0.416 e. The van der Waals surface area contributed by atoms with Crippen molar-refractivity contribution in [1.29, 1.82) is 0 Å². The van der Waals surface area contributed by atoms with E-state index in [2.05, 4.69) is 43.1 Å². The smallest absolute Gasteiger partial charge is 0.338 e. The number of halogens is 3. The molecule has 0 spiro atoms. The van der Waals surface area contributed by atoms with Crippen LogP contribution in [0.1, 0.15) is 56.6 Å². The largest absolute Gasteiger partial charge is 0.416 e. The standard InChI is InChI=1S/C29H37F3N2O/c1-4-24(29(30,31)32)16-23-19-34(14-11-21(23)3)27(35)28-12-6-9-25(28)17-26(18-28)33-13-10-22-8-5-7-20(2)15-22/h4-5,7-8,15-16,25-26,33H,3,6,9-14,17-19H2,1-2H3/b23-16-,24-4+. The summed E-state index contributed by atoms with van der Waals surface area (Å²) in [5.41, 5.74) is 2.73. The van der Waals surface area contributed by atoms with Gasteiger partial charge in [0.1, 0.15) is 0 Å². The lowest BCUT2D eigenvalue weighted by molar-refractivity contribution is -0.143. The number of rotatable bonds is 6. The Bertz CT molecular complexity index is 1020. The van der Waals surface area contributed by atoms with Gasteiger partial charge in [0, 0.05) is 19.1 Å². The zero-order valence-corrected chi connectivity index (χ0v) is 20.9. The molecule has 35 heavy (non-hydrogen) atoms. The third-order valence-corrected chi connectivity index (χ3v) is 8.25. The van der Waals surface area contributed by atoms with Gasteiger partial charge in [-0.2, -0.15) is 13.2 Å². The predicted octanol–water partition coefficient (Wildman–Crippen LogP) is 6.30. The van der Waals surface area contributed by atoms with Crippen LogP contribution in [-0.2, 0) is 11.2 Å². The highest BCUT2D eigenvalue weighted by Gasteiger charge is 2.56. The Hall–Kier alpha value is -2.34. The number of amides is 1. The van der Waals surface area contributed by atoms with Gasteiger partial charge >= 0.3 is 6.18 Å². The van der Waals surface area contributed by atoms with Crippen molar-refractivity contribution in [2.75, 3.05) is 19.6 Å². The molecule has 1 aliphatic heterocycles. The van der Waals surface area contributed by atoms with E-state index in [1.165, 1.54) is 24.1 Å². The van der Waals surface area contributed by atoms with Crippen LogP contribution in [0.3, 0.4) is 0 Å².